The van der Waals surface area contributed by atoms with Crippen LogP contribution in [0.5, 0.6) is 0 Å². The lowest BCUT2D eigenvalue weighted by atomic mass is 10.2. The van der Waals surface area contributed by atoms with Gasteiger partial charge >= 0.3 is 6.03 Å². The van der Waals surface area contributed by atoms with Crippen molar-refractivity contribution in [2.75, 3.05) is 16.4 Å². The maximum absolute atomic E-state index is 11.7. The third-order valence-corrected chi connectivity index (χ3v) is 2.42. The van der Waals surface area contributed by atoms with E-state index in [2.05, 4.69) is 10.6 Å². The first-order valence-corrected chi connectivity index (χ1v) is 5.61. The van der Waals surface area contributed by atoms with Gasteiger partial charge in [-0.25, -0.2) is 4.79 Å². The number of nitrogens with zero attached hydrogens (tertiary/aromatic N) is 1. The fourth-order valence-corrected chi connectivity index (χ4v) is 1.54. The van der Waals surface area contributed by atoms with Crippen LogP contribution in [0, 0.1) is 11.3 Å². The molecule has 19 heavy (non-hydrogen) atoms. The topological polar surface area (TPSA) is 90.9 Å². The van der Waals surface area contributed by atoms with E-state index in [1.165, 1.54) is 0 Å². The van der Waals surface area contributed by atoms with Crippen LogP contribution in [-0.2, 0) is 0 Å². The van der Waals surface area contributed by atoms with Crippen LogP contribution in [-0.4, -0.2) is 6.03 Å². The number of hydrogen-bond donors (Lipinski definition) is 3. The zero-order valence-corrected chi connectivity index (χ0v) is 10.1. The summed E-state index contributed by atoms with van der Waals surface area (Å²) >= 11 is 0. The summed E-state index contributed by atoms with van der Waals surface area (Å²) < 4.78 is 0. The molecule has 2 amide bonds. The van der Waals surface area contributed by atoms with Gasteiger partial charge in [0, 0.05) is 17.1 Å². The molecule has 0 saturated carbocycles. The van der Waals surface area contributed by atoms with Crippen LogP contribution in [0.4, 0.5) is 21.9 Å². The molecule has 2 rings (SSSR count). The molecule has 0 heterocycles. The zero-order valence-electron chi connectivity index (χ0n) is 10.1. The zero-order chi connectivity index (χ0) is 13.7. The Hall–Kier alpha value is -3.00. The summed E-state index contributed by atoms with van der Waals surface area (Å²) in [7, 11) is 0. The van der Waals surface area contributed by atoms with Gasteiger partial charge in [0.05, 0.1) is 11.6 Å². The highest BCUT2D eigenvalue weighted by Gasteiger charge is 2.02. The molecule has 0 atom stereocenters. The Morgan fingerprint density at radius 2 is 1.74 bits per heavy atom. The molecule has 0 fully saturated rings. The summed E-state index contributed by atoms with van der Waals surface area (Å²) in [6, 6.07) is 15.2. The number of nitrogens with one attached hydrogen (secondary N) is 2. The van der Waals surface area contributed by atoms with E-state index in [9.17, 15) is 4.79 Å². The first-order chi connectivity index (χ1) is 9.17. The number of nitriles is 1. The number of carbonyl (C=O) groups is 1. The lowest BCUT2D eigenvalue weighted by Gasteiger charge is -2.08. The van der Waals surface area contributed by atoms with Crippen molar-refractivity contribution in [2.24, 2.45) is 0 Å². The minimum Gasteiger partial charge on any atom is -0.399 e. The van der Waals surface area contributed by atoms with Gasteiger partial charge in [-0.05, 0) is 42.5 Å². The van der Waals surface area contributed by atoms with Crippen LogP contribution in [0.15, 0.2) is 48.5 Å². The lowest BCUT2D eigenvalue weighted by Crippen LogP contribution is -2.19. The predicted molar refractivity (Wildman–Crippen MR) is 74.7 cm³/mol. The Morgan fingerprint density at radius 3 is 2.37 bits per heavy atom. The molecule has 4 N–H and O–H groups in total. The maximum Gasteiger partial charge on any atom is 0.323 e. The molecule has 2 aromatic carbocycles. The molecule has 2 aromatic rings. The first kappa shape index (κ1) is 12.5. The lowest BCUT2D eigenvalue weighted by molar-refractivity contribution is 0.262. The minimum atomic E-state index is -0.365. The normalized spacial score (nSPS) is 9.42. The van der Waals surface area contributed by atoms with Gasteiger partial charge in [-0.3, -0.25) is 0 Å². The number of carbonyl (C=O) groups excluding carboxylic acids is 1. The second-order valence-corrected chi connectivity index (χ2v) is 3.89. The molecule has 5 nitrogen and oxygen atoms in total. The molecule has 0 aliphatic rings. The van der Waals surface area contributed by atoms with Crippen molar-refractivity contribution in [2.45, 2.75) is 0 Å². The van der Waals surface area contributed by atoms with Gasteiger partial charge in [-0.2, -0.15) is 5.26 Å². The Morgan fingerprint density at radius 1 is 1.05 bits per heavy atom. The van der Waals surface area contributed by atoms with Crippen molar-refractivity contribution in [3.8, 4) is 6.07 Å². The van der Waals surface area contributed by atoms with E-state index in [1.54, 1.807) is 48.5 Å². The number of anilines is 3. The van der Waals surface area contributed by atoms with Gasteiger partial charge in [0.1, 0.15) is 0 Å². The monoisotopic (exact) mass is 252 g/mol. The SMILES string of the molecule is N#Cc1ccc(NC(=O)Nc2cccc(N)c2)cc1. The van der Waals surface area contributed by atoms with Gasteiger partial charge in [-0.15, -0.1) is 0 Å². The molecule has 0 aliphatic heterocycles. The quantitative estimate of drug-likeness (QED) is 0.718. The number of urea groups is 1. The van der Waals surface area contributed by atoms with Crippen LogP contribution < -0.4 is 16.4 Å². The standard InChI is InChI=1S/C14H12N4O/c15-9-10-4-6-12(7-5-10)17-14(19)18-13-3-1-2-11(16)8-13/h1-8H,16H2,(H2,17,18,19). The average Bonchev–Trinajstić information content (AvgIpc) is 2.39. The van der Waals surface area contributed by atoms with Crippen LogP contribution in [0.3, 0.4) is 0 Å². The highest BCUT2D eigenvalue weighted by Crippen LogP contribution is 2.13. The van der Waals surface area contributed by atoms with Crippen molar-refractivity contribution in [1.29, 1.82) is 5.26 Å². The summed E-state index contributed by atoms with van der Waals surface area (Å²) in [5.41, 5.74) is 7.97. The summed E-state index contributed by atoms with van der Waals surface area (Å²) in [6.45, 7) is 0. The van der Waals surface area contributed by atoms with E-state index < -0.39 is 0 Å². The van der Waals surface area contributed by atoms with E-state index in [0.717, 1.165) is 0 Å². The number of benzene rings is 2. The Labute approximate surface area is 110 Å². The summed E-state index contributed by atoms with van der Waals surface area (Å²) in [6.07, 6.45) is 0. The third kappa shape index (κ3) is 3.48. The summed E-state index contributed by atoms with van der Waals surface area (Å²) in [5.74, 6) is 0. The molecular formula is C14H12N4O. The fourth-order valence-electron chi connectivity index (χ4n) is 1.54. The van der Waals surface area contributed by atoms with Gasteiger partial charge in [0.25, 0.3) is 0 Å². The number of nitrogen functional groups attached to an aromatic ring is 1. The summed E-state index contributed by atoms with van der Waals surface area (Å²) in [4.78, 5) is 11.7. The van der Waals surface area contributed by atoms with Crippen molar-refractivity contribution < 1.29 is 4.79 Å². The highest BCUT2D eigenvalue weighted by molar-refractivity contribution is 5.99. The number of hydrogen-bond acceptors (Lipinski definition) is 3. The summed E-state index contributed by atoms with van der Waals surface area (Å²) in [5, 5.41) is 14.0. The van der Waals surface area contributed by atoms with Crippen molar-refractivity contribution in [1.82, 2.24) is 0 Å². The molecule has 0 radical (unpaired) electrons. The van der Waals surface area contributed by atoms with E-state index >= 15 is 0 Å². The third-order valence-electron chi connectivity index (χ3n) is 2.42. The minimum absolute atomic E-state index is 0.365. The van der Waals surface area contributed by atoms with E-state index in [1.807, 2.05) is 6.07 Å². The molecule has 0 aromatic heterocycles. The Kier molecular flexibility index (Phi) is 3.64. The second kappa shape index (κ2) is 5.56. The Bertz CT molecular complexity index is 629. The molecule has 0 bridgehead atoms. The molecule has 0 aliphatic carbocycles. The maximum atomic E-state index is 11.7. The molecule has 5 heteroatoms. The second-order valence-electron chi connectivity index (χ2n) is 3.89. The average molecular weight is 252 g/mol. The van der Waals surface area contributed by atoms with Crippen molar-refractivity contribution in [3.63, 3.8) is 0 Å². The predicted octanol–water partition coefficient (Wildman–Crippen LogP) is 2.78. The van der Waals surface area contributed by atoms with Crippen molar-refractivity contribution >= 4 is 23.1 Å². The molecule has 0 spiro atoms. The van der Waals surface area contributed by atoms with Gasteiger partial charge in [-0.1, -0.05) is 6.07 Å². The van der Waals surface area contributed by atoms with E-state index in [4.69, 9.17) is 11.0 Å². The highest BCUT2D eigenvalue weighted by atomic mass is 16.2. The Balaban J connectivity index is 1.99. The van der Waals surface area contributed by atoms with E-state index in [0.29, 0.717) is 22.6 Å². The fraction of sp³-hybridized carbons (Fsp3) is 0. The number of nitrogens with two attached hydrogens (primary N) is 1. The van der Waals surface area contributed by atoms with Crippen LogP contribution in [0.1, 0.15) is 5.56 Å². The van der Waals surface area contributed by atoms with Gasteiger partial charge in [0.2, 0.25) is 0 Å². The first-order valence-electron chi connectivity index (χ1n) is 5.61. The molecule has 0 unspecified atom stereocenters. The van der Waals surface area contributed by atoms with Crippen molar-refractivity contribution in [3.05, 3.63) is 54.1 Å². The van der Waals surface area contributed by atoms with E-state index in [-0.39, 0.29) is 6.03 Å². The smallest absolute Gasteiger partial charge is 0.323 e. The van der Waals surface area contributed by atoms with Crippen LogP contribution in [0.2, 0.25) is 0 Å². The molecule has 94 valence electrons. The van der Waals surface area contributed by atoms with Gasteiger partial charge in [0.15, 0.2) is 0 Å². The number of rotatable bonds is 2. The molecular weight excluding hydrogens is 240 g/mol. The number of amides is 2. The largest absolute Gasteiger partial charge is 0.399 e. The van der Waals surface area contributed by atoms with Crippen LogP contribution >= 0.6 is 0 Å². The van der Waals surface area contributed by atoms with Crippen LogP contribution in [0.25, 0.3) is 0 Å². The molecule has 0 saturated heterocycles. The van der Waals surface area contributed by atoms with Gasteiger partial charge < -0.3 is 16.4 Å².